The smallest absolute Gasteiger partial charge is 0.338 e. The van der Waals surface area contributed by atoms with Crippen molar-refractivity contribution >= 4 is 69.6 Å². The summed E-state index contributed by atoms with van der Waals surface area (Å²) in [5, 5.41) is 73.6. The minimum atomic E-state index is -0.613. The molecular formula is C65H54N24O6. The Morgan fingerprint density at radius 3 is 1.60 bits per heavy atom. The number of hydrogen-bond acceptors (Lipinski definition) is 25. The van der Waals surface area contributed by atoms with Gasteiger partial charge in [0.05, 0.1) is 49.1 Å². The number of hydrogen-bond donors (Lipinski definition) is 6. The molecule has 0 bridgehead atoms. The number of nitriles is 1. The molecule has 6 heterocycles. The van der Waals surface area contributed by atoms with Gasteiger partial charge in [-0.3, -0.25) is 0 Å². The van der Waals surface area contributed by atoms with Gasteiger partial charge in [0.25, 0.3) is 17.6 Å². The van der Waals surface area contributed by atoms with E-state index < -0.39 is 18.0 Å². The molecule has 0 atom stereocenters. The summed E-state index contributed by atoms with van der Waals surface area (Å²) < 4.78 is 11.0. The van der Waals surface area contributed by atoms with Crippen molar-refractivity contribution < 1.29 is 29.5 Å². The van der Waals surface area contributed by atoms with Gasteiger partial charge >= 0.3 is 18.0 Å². The van der Waals surface area contributed by atoms with Crippen LogP contribution >= 0.6 is 0 Å². The van der Waals surface area contributed by atoms with Crippen LogP contribution in [0.5, 0.6) is 12.0 Å². The van der Waals surface area contributed by atoms with Gasteiger partial charge in [0, 0.05) is 22.5 Å². The van der Waals surface area contributed by atoms with Gasteiger partial charge in [-0.2, -0.15) is 64.9 Å². The summed E-state index contributed by atoms with van der Waals surface area (Å²) in [7, 11) is 0. The maximum atomic E-state index is 13.3. The molecule has 0 radical (unpaired) electrons. The predicted octanol–water partition coefficient (Wildman–Crippen LogP) is 12.5. The first-order chi connectivity index (χ1) is 46.4. The van der Waals surface area contributed by atoms with Crippen LogP contribution in [0, 0.1) is 31.8 Å². The number of nitrogen functional groups attached to an aromatic ring is 2. The van der Waals surface area contributed by atoms with E-state index >= 15 is 0 Å². The number of aryl methyl sites for hydroxylation is 2. The van der Waals surface area contributed by atoms with Crippen molar-refractivity contribution in [2.24, 2.45) is 20.5 Å². The fourth-order valence-corrected chi connectivity index (χ4v) is 9.39. The van der Waals surface area contributed by atoms with E-state index in [-0.39, 0.29) is 106 Å². The highest BCUT2D eigenvalue weighted by Gasteiger charge is 2.25. The van der Waals surface area contributed by atoms with Crippen LogP contribution in [0.2, 0.25) is 0 Å². The van der Waals surface area contributed by atoms with Crippen molar-refractivity contribution in [1.29, 1.82) is 5.26 Å². The van der Waals surface area contributed by atoms with Gasteiger partial charge in [-0.25, -0.2) is 28.8 Å². The van der Waals surface area contributed by atoms with Gasteiger partial charge in [0.2, 0.25) is 11.9 Å². The first kappa shape index (κ1) is 61.8. The van der Waals surface area contributed by atoms with Gasteiger partial charge < -0.3 is 37.1 Å². The quantitative estimate of drug-likeness (QED) is 0.00817. The maximum Gasteiger partial charge on any atom is 0.338 e. The number of unbranched alkanes of at least 4 members (excludes halogenated alkanes) is 2. The largest absolute Gasteiger partial charge is 0.479 e. The summed E-state index contributed by atoms with van der Waals surface area (Å²) in [5.41, 5.74) is 21.2. The topological polar surface area (TPSA) is 388 Å². The molecule has 8 N–H and O–H groups in total. The van der Waals surface area contributed by atoms with E-state index in [0.717, 1.165) is 16.7 Å². The van der Waals surface area contributed by atoms with Crippen LogP contribution in [0.4, 0.5) is 63.6 Å². The molecule has 30 heteroatoms. The van der Waals surface area contributed by atoms with Crippen molar-refractivity contribution in [3.63, 3.8) is 0 Å². The van der Waals surface area contributed by atoms with Crippen LogP contribution in [0.15, 0.2) is 191 Å². The normalized spacial score (nSPS) is 11.3. The molecule has 6 aromatic heterocycles. The second-order valence-corrected chi connectivity index (χ2v) is 20.9. The number of nitrogens with zero attached hydrogens (tertiary/aromatic N) is 20. The number of carbonyl (C=O) groups is 1. The fraction of sp³-hybridized carbons (Fsp3) is 0.123. The summed E-state index contributed by atoms with van der Waals surface area (Å²) in [4.78, 5) is 53.3. The Morgan fingerprint density at radius 2 is 1.07 bits per heavy atom. The molecule has 0 aliphatic rings. The highest BCUT2D eigenvalue weighted by Crippen LogP contribution is 2.41. The minimum Gasteiger partial charge on any atom is -0.479 e. The van der Waals surface area contributed by atoms with Crippen LogP contribution in [-0.4, -0.2) is 98.4 Å². The molecule has 0 fully saturated rings. The highest BCUT2D eigenvalue weighted by atomic mass is 17.2. The van der Waals surface area contributed by atoms with Gasteiger partial charge in [0.1, 0.15) is 29.6 Å². The molecule has 95 heavy (non-hydrogen) atoms. The standard InChI is InChI=1S/C65H54N24O6/c1-39-17-29-46(30-18-39)72-60-74-62(78-64(91)76-60)88-55(67)53(80-82-57-45(35-66)36-70-86(57)48-13-7-4-8-14-48)52(85-88)43-25-27-44(28-26-43)59(90)93-33-11-6-12-34-94-95-38-41-21-23-42(24-22-41)51-54(81-83-58-50(69-3)37-71-87(58)49-15-9-5-10-16-49)56(68)89(84-51)63-75-61(77-65(92)79-63)73-47-31-19-40(2)20-32-47/h4-5,7-10,13-32,36-37H,6,11-12,33-34,38,67-68H2,1-2H3,(H2,72,74,76,78,91)(H2,73,75,77,79,92)/b82-80+,83-81+. The van der Waals surface area contributed by atoms with Crippen LogP contribution in [0.25, 0.3) is 50.6 Å². The Bertz CT molecular complexity index is 4870. The molecule has 6 aromatic carbocycles. The number of nitrogens with one attached hydrogen (secondary N) is 2. The number of anilines is 6. The number of nitrogens with two attached hydrogens (primary N) is 2. The molecule has 0 aliphatic heterocycles. The summed E-state index contributed by atoms with van der Waals surface area (Å²) in [5.74, 6) is -0.624. The van der Waals surface area contributed by atoms with E-state index in [4.69, 9.17) is 42.7 Å². The number of ether oxygens (including phenoxy) is 1. The van der Waals surface area contributed by atoms with Crippen LogP contribution in [0.3, 0.4) is 0 Å². The molecule has 0 saturated heterocycles. The number of benzene rings is 6. The van der Waals surface area contributed by atoms with E-state index in [1.54, 1.807) is 48.5 Å². The molecule has 0 amide bonds. The summed E-state index contributed by atoms with van der Waals surface area (Å²) in [6.45, 7) is 12.2. The average molecular weight is 1270 g/mol. The lowest BCUT2D eigenvalue weighted by Crippen LogP contribution is -2.09. The Kier molecular flexibility index (Phi) is 18.3. The molecular weight excluding hydrogens is 1210 g/mol. The third-order valence-corrected chi connectivity index (χ3v) is 14.2. The first-order valence-electron chi connectivity index (χ1n) is 29.2. The third-order valence-electron chi connectivity index (χ3n) is 14.2. The maximum absolute atomic E-state index is 13.3. The molecule has 470 valence electrons. The molecule has 0 aliphatic carbocycles. The number of aromatic nitrogens is 14. The van der Waals surface area contributed by atoms with Crippen molar-refractivity contribution in [3.05, 3.63) is 209 Å². The lowest BCUT2D eigenvalue weighted by Gasteiger charge is -2.08. The zero-order valence-electron chi connectivity index (χ0n) is 50.5. The predicted molar refractivity (Wildman–Crippen MR) is 347 cm³/mol. The van der Waals surface area contributed by atoms with Crippen LogP contribution in [0.1, 0.15) is 51.9 Å². The third kappa shape index (κ3) is 14.3. The van der Waals surface area contributed by atoms with Crippen molar-refractivity contribution in [2.75, 3.05) is 35.3 Å². The molecule has 0 saturated carbocycles. The van der Waals surface area contributed by atoms with Crippen molar-refractivity contribution in [1.82, 2.24) is 69.0 Å². The zero-order valence-corrected chi connectivity index (χ0v) is 50.5. The van der Waals surface area contributed by atoms with Crippen molar-refractivity contribution in [3.8, 4) is 63.9 Å². The lowest BCUT2D eigenvalue weighted by atomic mass is 10.1. The lowest BCUT2D eigenvalue weighted by molar-refractivity contribution is -0.304. The van der Waals surface area contributed by atoms with Gasteiger partial charge in [0.15, 0.2) is 34.6 Å². The van der Waals surface area contributed by atoms with E-state index in [9.17, 15) is 20.3 Å². The second-order valence-electron chi connectivity index (χ2n) is 20.9. The number of azo groups is 2. The monoisotopic (exact) mass is 1270 g/mol. The Hall–Kier alpha value is -13.5. The van der Waals surface area contributed by atoms with E-state index in [1.165, 1.54) is 31.1 Å². The van der Waals surface area contributed by atoms with E-state index in [0.29, 0.717) is 53.1 Å². The number of para-hydroxylation sites is 2. The van der Waals surface area contributed by atoms with Crippen molar-refractivity contribution in [2.45, 2.75) is 39.7 Å². The SMILES string of the molecule is [C-]#[N+]c1cnn(-c2ccccc2)c1/N=N/c1c(-c2ccc(COOCCCCCOC(=O)c3ccc(-c4nn(-c5nc(O)nc(Nc6ccc(C)cc6)n5)c(N)c4/N=N/c4c(C#N)cnn4-c4ccccc4)cc3)cc2)nn(-c2nc(O)nc(Nc3ccc(C)cc3)n2)c1N. The number of rotatable bonds is 24. The molecule has 0 spiro atoms. The Morgan fingerprint density at radius 1 is 0.579 bits per heavy atom. The minimum absolute atomic E-state index is 0.00479. The van der Waals surface area contributed by atoms with Gasteiger partial charge in [-0.05, 0) is 99.3 Å². The average Bonchev–Trinajstić information content (AvgIpc) is 1.87. The molecule has 30 nitrogen and oxygen atoms in total. The Labute approximate surface area is 540 Å². The van der Waals surface area contributed by atoms with Crippen LogP contribution in [-0.2, 0) is 21.1 Å². The number of carbonyl (C=O) groups excluding carboxylic acids is 1. The fourth-order valence-electron chi connectivity index (χ4n) is 9.39. The summed E-state index contributed by atoms with van der Waals surface area (Å²) >= 11 is 0. The van der Waals surface area contributed by atoms with Gasteiger partial charge in [-0.15, -0.1) is 20.5 Å². The number of esters is 1. The molecule has 0 unspecified atom stereocenters. The van der Waals surface area contributed by atoms with E-state index in [1.807, 2.05) is 123 Å². The molecule has 12 aromatic rings. The number of aromatic hydroxyl groups is 2. The molecule has 12 rings (SSSR count). The van der Waals surface area contributed by atoms with E-state index in [2.05, 4.69) is 82.1 Å². The Balaban J connectivity index is 0.675. The highest BCUT2D eigenvalue weighted by molar-refractivity contribution is 5.91. The summed E-state index contributed by atoms with van der Waals surface area (Å²) in [6, 6.07) is 47.7. The van der Waals surface area contributed by atoms with Gasteiger partial charge in [-0.1, -0.05) is 108 Å². The first-order valence-corrected chi connectivity index (χ1v) is 29.2. The van der Waals surface area contributed by atoms with Crippen LogP contribution < -0.4 is 22.1 Å². The summed E-state index contributed by atoms with van der Waals surface area (Å²) in [6.07, 6.45) is 4.59. The second kappa shape index (κ2) is 28.2. The zero-order chi connectivity index (χ0) is 65.8.